The summed E-state index contributed by atoms with van der Waals surface area (Å²) in [7, 11) is 0. The van der Waals surface area contributed by atoms with Crippen LogP contribution in [0.15, 0.2) is 0 Å². The highest BCUT2D eigenvalue weighted by Crippen LogP contribution is 2.20. The number of hydrogen-bond donors (Lipinski definition) is 1. The zero-order valence-corrected chi connectivity index (χ0v) is 9.73. The number of carboxylic acid groups (broad SMARTS) is 1. The third-order valence-electron chi connectivity index (χ3n) is 2.39. The van der Waals surface area contributed by atoms with Crippen LogP contribution in [0.3, 0.4) is 0 Å². The van der Waals surface area contributed by atoms with Gasteiger partial charge in [0.15, 0.2) is 0 Å². The summed E-state index contributed by atoms with van der Waals surface area (Å²) < 4.78 is 12.4. The van der Waals surface area contributed by atoms with E-state index in [1.165, 1.54) is 4.90 Å². The first-order valence-electron chi connectivity index (χ1n) is 6.10. The highest BCUT2D eigenvalue weighted by molar-refractivity contribution is 5.80. The Labute approximate surface area is 96.8 Å². The number of nitrogens with zero attached hydrogens (tertiary/aromatic N) is 1. The minimum absolute atomic E-state index is 0.0513. The normalized spacial score (nSPS) is 22.5. The van der Waals surface area contributed by atoms with Crippen molar-refractivity contribution in [1.82, 2.24) is 4.90 Å². The first-order valence-corrected chi connectivity index (χ1v) is 5.39. The largest absolute Gasteiger partial charge is 0.480 e. The van der Waals surface area contributed by atoms with E-state index in [0.717, 1.165) is 12.8 Å². The van der Waals surface area contributed by atoms with Crippen molar-refractivity contribution in [3.63, 3.8) is 0 Å². The van der Waals surface area contributed by atoms with Gasteiger partial charge in [0.2, 0.25) is 0 Å². The van der Waals surface area contributed by atoms with Crippen LogP contribution in [0.1, 0.15) is 41.4 Å². The molecule has 0 saturated carbocycles. The van der Waals surface area contributed by atoms with Crippen molar-refractivity contribution in [1.29, 1.82) is 0 Å². The number of aliphatic carboxylic acids is 1. The molecule has 1 fully saturated rings. The molecule has 0 unspecified atom stereocenters. The van der Waals surface area contributed by atoms with Gasteiger partial charge in [-0.05, 0) is 40.0 Å². The summed E-state index contributed by atoms with van der Waals surface area (Å²) in [6.45, 7) is 3.63. The number of rotatable bonds is 1. The van der Waals surface area contributed by atoms with E-state index in [1.54, 1.807) is 13.8 Å². The highest BCUT2D eigenvalue weighted by atomic mass is 16.6. The Kier molecular flexibility index (Phi) is 3.31. The molecule has 1 atom stereocenters. The molecule has 0 aromatic carbocycles. The number of carbonyl (C=O) groups excluding carboxylic acids is 1. The van der Waals surface area contributed by atoms with E-state index in [4.69, 9.17) is 11.2 Å². The average molecular weight is 230 g/mol. The summed E-state index contributed by atoms with van der Waals surface area (Å²) in [4.78, 5) is 24.1. The van der Waals surface area contributed by atoms with E-state index in [-0.39, 0.29) is 6.90 Å². The third-order valence-corrected chi connectivity index (χ3v) is 2.39. The molecule has 1 aliphatic rings. The molecule has 1 rings (SSSR count). The lowest BCUT2D eigenvalue weighted by molar-refractivity contribution is -0.144. The number of piperidine rings is 1. The van der Waals surface area contributed by atoms with Gasteiger partial charge in [0, 0.05) is 7.92 Å². The second-order valence-corrected chi connectivity index (χ2v) is 4.67. The molecule has 0 aliphatic carbocycles. The van der Waals surface area contributed by atoms with Gasteiger partial charge in [-0.15, -0.1) is 0 Å². The molecule has 1 amide bonds. The molecule has 1 saturated heterocycles. The van der Waals surface area contributed by atoms with Gasteiger partial charge in [0.25, 0.3) is 0 Å². The van der Waals surface area contributed by atoms with Crippen LogP contribution in [-0.2, 0) is 9.53 Å². The van der Waals surface area contributed by atoms with E-state index < -0.39 is 23.7 Å². The van der Waals surface area contributed by atoms with Crippen molar-refractivity contribution in [3.8, 4) is 0 Å². The quantitative estimate of drug-likeness (QED) is 0.746. The molecule has 0 aromatic heterocycles. The van der Waals surface area contributed by atoms with Gasteiger partial charge < -0.3 is 9.84 Å². The minimum atomic E-state index is -0.995. The number of amides is 1. The van der Waals surface area contributed by atoms with Crippen molar-refractivity contribution in [2.45, 2.75) is 51.7 Å². The van der Waals surface area contributed by atoms with E-state index in [0.29, 0.717) is 13.0 Å². The molecule has 1 N–H and O–H groups in total. The predicted octanol–water partition coefficient (Wildman–Crippen LogP) is 1.86. The van der Waals surface area contributed by atoms with Gasteiger partial charge in [-0.1, -0.05) is 0 Å². The molecule has 5 nitrogen and oxygen atoms in total. The van der Waals surface area contributed by atoms with Crippen molar-refractivity contribution in [3.05, 3.63) is 0 Å². The Morgan fingerprint density at radius 3 is 2.75 bits per heavy atom. The average Bonchev–Trinajstić information content (AvgIpc) is 2.28. The lowest BCUT2D eigenvalue weighted by Crippen LogP contribution is -2.49. The van der Waals surface area contributed by atoms with Crippen LogP contribution in [0.25, 0.3) is 0 Å². The van der Waals surface area contributed by atoms with Crippen molar-refractivity contribution in [2.75, 3.05) is 6.54 Å². The number of carbonyl (C=O) groups is 2. The van der Waals surface area contributed by atoms with Gasteiger partial charge in [0.05, 0.1) is 0 Å². The predicted molar refractivity (Wildman–Crippen MR) is 58.2 cm³/mol. The van der Waals surface area contributed by atoms with Crippen LogP contribution in [-0.4, -0.2) is 40.3 Å². The molecule has 0 aromatic rings. The highest BCUT2D eigenvalue weighted by Gasteiger charge is 2.34. The first-order chi connectivity index (χ1) is 7.87. The van der Waals surface area contributed by atoms with E-state index in [1.807, 2.05) is 0 Å². The number of hydrogen-bond acceptors (Lipinski definition) is 3. The zero-order valence-electron chi connectivity index (χ0n) is 10.7. The zero-order chi connectivity index (χ0) is 13.1. The monoisotopic (exact) mass is 230 g/mol. The maximum Gasteiger partial charge on any atom is 0.411 e. The van der Waals surface area contributed by atoms with Gasteiger partial charge in [0.1, 0.15) is 11.6 Å². The van der Waals surface area contributed by atoms with Crippen LogP contribution < -0.4 is 0 Å². The Morgan fingerprint density at radius 2 is 2.19 bits per heavy atom. The molecule has 1 heterocycles. The van der Waals surface area contributed by atoms with E-state index >= 15 is 0 Å². The lowest BCUT2D eigenvalue weighted by Gasteiger charge is -2.34. The standard InChI is InChI=1S/C11H19NO4/c1-11(2,3)16-10(15)12-7-5-4-6-8(12)9(13)14/h8H,4-7H2,1-3H3,(H,13,14)/t8-/m0/s1/i1D. The Morgan fingerprint density at radius 1 is 1.50 bits per heavy atom. The fourth-order valence-corrected chi connectivity index (χ4v) is 1.70. The fraction of sp³-hybridized carbons (Fsp3) is 0.818. The summed E-state index contributed by atoms with van der Waals surface area (Å²) in [5.74, 6) is -0.995. The number of ether oxygens (including phenoxy) is 1. The van der Waals surface area contributed by atoms with E-state index in [2.05, 4.69) is 0 Å². The van der Waals surface area contributed by atoms with Crippen LogP contribution >= 0.6 is 0 Å². The topological polar surface area (TPSA) is 66.8 Å². The Hall–Kier alpha value is -1.26. The molecule has 0 radical (unpaired) electrons. The summed E-state index contributed by atoms with van der Waals surface area (Å²) in [5.41, 5.74) is -0.877. The summed E-state index contributed by atoms with van der Waals surface area (Å²) in [6.07, 6.45) is 1.43. The lowest BCUT2D eigenvalue weighted by atomic mass is 10.0. The number of carboxylic acids is 1. The fourth-order valence-electron chi connectivity index (χ4n) is 1.70. The third kappa shape index (κ3) is 3.40. The molecule has 0 spiro atoms. The molecule has 1 aliphatic heterocycles. The van der Waals surface area contributed by atoms with Crippen molar-refractivity contribution >= 4 is 12.1 Å². The second kappa shape index (κ2) is 4.72. The van der Waals surface area contributed by atoms with Crippen molar-refractivity contribution in [2.24, 2.45) is 0 Å². The smallest absolute Gasteiger partial charge is 0.411 e. The number of likely N-dealkylation sites (tertiary alicyclic amines) is 1. The summed E-state index contributed by atoms with van der Waals surface area (Å²) in [5, 5.41) is 9.03. The Balaban J connectivity index is 2.69. The van der Waals surface area contributed by atoms with Gasteiger partial charge >= 0.3 is 12.1 Å². The summed E-state index contributed by atoms with van der Waals surface area (Å²) in [6, 6.07) is -0.794. The first kappa shape index (κ1) is 11.2. The molecular formula is C11H19NO4. The maximum atomic E-state index is 11.8. The molecule has 16 heavy (non-hydrogen) atoms. The van der Waals surface area contributed by atoms with Crippen molar-refractivity contribution < 1.29 is 20.8 Å². The Bertz CT molecular complexity index is 306. The van der Waals surface area contributed by atoms with Crippen LogP contribution in [0.4, 0.5) is 4.79 Å². The molecule has 5 heteroatoms. The molecule has 0 bridgehead atoms. The molecular weight excluding hydrogens is 210 g/mol. The van der Waals surface area contributed by atoms with Crippen LogP contribution in [0.2, 0.25) is 0 Å². The van der Waals surface area contributed by atoms with Crippen LogP contribution in [0, 0.1) is 0 Å². The van der Waals surface area contributed by atoms with E-state index in [9.17, 15) is 9.59 Å². The van der Waals surface area contributed by atoms with Gasteiger partial charge in [-0.2, -0.15) is 0 Å². The minimum Gasteiger partial charge on any atom is -0.480 e. The summed E-state index contributed by atoms with van der Waals surface area (Å²) >= 11 is 0. The van der Waals surface area contributed by atoms with Gasteiger partial charge in [-0.3, -0.25) is 4.90 Å². The molecule has 92 valence electrons. The maximum absolute atomic E-state index is 11.8. The second-order valence-electron chi connectivity index (χ2n) is 4.67. The SMILES string of the molecule is [2H]CC(C)(C)OC(=O)N1CCCC[C@H]1C(=O)O. The van der Waals surface area contributed by atoms with Gasteiger partial charge in [-0.25, -0.2) is 9.59 Å². The van der Waals surface area contributed by atoms with Crippen LogP contribution in [0.5, 0.6) is 0 Å².